The summed E-state index contributed by atoms with van der Waals surface area (Å²) in [5.41, 5.74) is 0.328. The Hall–Kier alpha value is -1.91. The van der Waals surface area contributed by atoms with Gasteiger partial charge in [0.05, 0.1) is 5.52 Å². The van der Waals surface area contributed by atoms with E-state index < -0.39 is 11.6 Å². The molecule has 1 fully saturated rings. The maximum Gasteiger partial charge on any atom is 0.268 e. The number of nitrogens with one attached hydrogen (secondary N) is 2. The lowest BCUT2D eigenvalue weighted by Gasteiger charge is -2.37. The zero-order valence-electron chi connectivity index (χ0n) is 12.8. The van der Waals surface area contributed by atoms with Gasteiger partial charge in [0.15, 0.2) is 0 Å². The summed E-state index contributed by atoms with van der Waals surface area (Å²) in [7, 11) is 0. The first kappa shape index (κ1) is 15.0. The number of carbonyl (C=O) groups is 1. The largest absolute Gasteiger partial charge is 0.350 e. The van der Waals surface area contributed by atoms with Crippen LogP contribution in [0.4, 0.5) is 8.78 Å². The average Bonchev–Trinajstić information content (AvgIpc) is 2.87. The van der Waals surface area contributed by atoms with Crippen LogP contribution in [0.15, 0.2) is 18.2 Å². The number of halogens is 2. The van der Waals surface area contributed by atoms with E-state index in [2.05, 4.69) is 17.2 Å². The van der Waals surface area contributed by atoms with Gasteiger partial charge < -0.3 is 10.3 Å². The highest BCUT2D eigenvalue weighted by molar-refractivity contribution is 5.98. The zero-order chi connectivity index (χ0) is 15.9. The van der Waals surface area contributed by atoms with E-state index in [-0.39, 0.29) is 22.5 Å². The normalized spacial score (nSPS) is 25.4. The smallest absolute Gasteiger partial charge is 0.268 e. The van der Waals surface area contributed by atoms with Crippen LogP contribution >= 0.6 is 0 Å². The van der Waals surface area contributed by atoms with Gasteiger partial charge in [-0.15, -0.1) is 0 Å². The van der Waals surface area contributed by atoms with Gasteiger partial charge in [0.2, 0.25) is 0 Å². The molecule has 1 aromatic heterocycles. The van der Waals surface area contributed by atoms with Crippen molar-refractivity contribution in [2.24, 2.45) is 5.92 Å². The summed E-state index contributed by atoms with van der Waals surface area (Å²) in [4.78, 5) is 15.2. The number of aromatic amines is 1. The van der Waals surface area contributed by atoms with Gasteiger partial charge >= 0.3 is 0 Å². The highest BCUT2D eigenvalue weighted by atomic mass is 19.1. The topological polar surface area (TPSA) is 44.9 Å². The molecule has 2 N–H and O–H groups in total. The third-order valence-corrected chi connectivity index (χ3v) is 4.69. The van der Waals surface area contributed by atoms with Crippen LogP contribution in [0.25, 0.3) is 10.9 Å². The van der Waals surface area contributed by atoms with Gasteiger partial charge in [-0.2, -0.15) is 0 Å². The number of fused-ring (bicyclic) bond motifs is 1. The van der Waals surface area contributed by atoms with E-state index >= 15 is 0 Å². The predicted octanol–water partition coefficient (Wildman–Crippen LogP) is 4.14. The van der Waals surface area contributed by atoms with Crippen molar-refractivity contribution in [3.8, 4) is 0 Å². The van der Waals surface area contributed by atoms with E-state index in [1.165, 1.54) is 12.1 Å². The van der Waals surface area contributed by atoms with Crippen LogP contribution < -0.4 is 5.32 Å². The molecular formula is C17H20F2N2O. The Labute approximate surface area is 128 Å². The number of rotatable bonds is 2. The van der Waals surface area contributed by atoms with Crippen LogP contribution in [0.3, 0.4) is 0 Å². The minimum Gasteiger partial charge on any atom is -0.350 e. The maximum atomic E-state index is 13.7. The molecule has 22 heavy (non-hydrogen) atoms. The van der Waals surface area contributed by atoms with Crippen LogP contribution in [0.1, 0.15) is 50.0 Å². The number of amides is 1. The van der Waals surface area contributed by atoms with Crippen molar-refractivity contribution in [1.29, 1.82) is 0 Å². The summed E-state index contributed by atoms with van der Waals surface area (Å²) in [5.74, 6) is -0.904. The monoisotopic (exact) mass is 306 g/mol. The van der Waals surface area contributed by atoms with Crippen LogP contribution in [-0.4, -0.2) is 16.4 Å². The van der Waals surface area contributed by atoms with E-state index in [4.69, 9.17) is 0 Å². The maximum absolute atomic E-state index is 13.7. The predicted molar refractivity (Wildman–Crippen MR) is 81.7 cm³/mol. The van der Waals surface area contributed by atoms with E-state index in [1.807, 2.05) is 6.92 Å². The number of carbonyl (C=O) groups excluding carboxylic acids is 1. The lowest BCUT2D eigenvalue weighted by molar-refractivity contribution is 0.0865. The van der Waals surface area contributed by atoms with Crippen LogP contribution in [0, 0.1) is 17.6 Å². The van der Waals surface area contributed by atoms with Crippen molar-refractivity contribution < 1.29 is 13.6 Å². The van der Waals surface area contributed by atoms with Crippen molar-refractivity contribution >= 4 is 16.8 Å². The van der Waals surface area contributed by atoms with Gasteiger partial charge in [0.25, 0.3) is 5.91 Å². The SMILES string of the molecule is CC1CCC(C)(NC(=O)c2cc3c(F)cc(F)cc3[nH]2)CC1. The standard InChI is InChI=1S/C17H20F2N2O/c1-10-3-5-17(2,6-4-10)21-16(22)15-9-12-13(19)7-11(18)8-14(12)20-15/h7-10,20H,3-6H2,1-2H3,(H,21,22). The molecule has 1 amide bonds. The second-order valence-corrected chi connectivity index (χ2v) is 6.73. The molecule has 0 radical (unpaired) electrons. The summed E-state index contributed by atoms with van der Waals surface area (Å²) in [6.45, 7) is 4.26. The summed E-state index contributed by atoms with van der Waals surface area (Å²) < 4.78 is 26.9. The summed E-state index contributed by atoms with van der Waals surface area (Å²) in [6.07, 6.45) is 4.04. The van der Waals surface area contributed by atoms with Gasteiger partial charge in [0, 0.05) is 17.0 Å². The van der Waals surface area contributed by atoms with E-state index in [1.54, 1.807) is 0 Å². The van der Waals surface area contributed by atoms with Gasteiger partial charge in [-0.3, -0.25) is 4.79 Å². The fourth-order valence-corrected chi connectivity index (χ4v) is 3.15. The lowest BCUT2D eigenvalue weighted by Crippen LogP contribution is -2.48. The Kier molecular flexibility index (Phi) is 3.67. The number of aromatic nitrogens is 1. The molecule has 0 spiro atoms. The Bertz CT molecular complexity index is 715. The van der Waals surface area contributed by atoms with Crippen LogP contribution in [0.2, 0.25) is 0 Å². The highest BCUT2D eigenvalue weighted by Gasteiger charge is 2.31. The summed E-state index contributed by atoms with van der Waals surface area (Å²) in [5, 5.41) is 3.27. The van der Waals surface area contributed by atoms with Crippen molar-refractivity contribution in [3.05, 3.63) is 35.5 Å². The fraction of sp³-hybridized carbons (Fsp3) is 0.471. The Balaban J connectivity index is 1.82. The number of hydrogen-bond donors (Lipinski definition) is 2. The van der Waals surface area contributed by atoms with Crippen molar-refractivity contribution in [2.75, 3.05) is 0 Å². The minimum absolute atomic E-state index is 0.231. The van der Waals surface area contributed by atoms with Crippen LogP contribution in [-0.2, 0) is 0 Å². The first-order valence-corrected chi connectivity index (χ1v) is 7.67. The number of H-pyrrole nitrogens is 1. The Morgan fingerprint density at radius 1 is 1.27 bits per heavy atom. The molecule has 3 nitrogen and oxygen atoms in total. The molecule has 1 aliphatic carbocycles. The molecule has 0 unspecified atom stereocenters. The van der Waals surface area contributed by atoms with E-state index in [0.717, 1.165) is 31.7 Å². The lowest BCUT2D eigenvalue weighted by atomic mass is 9.78. The first-order chi connectivity index (χ1) is 10.4. The third kappa shape index (κ3) is 2.85. The third-order valence-electron chi connectivity index (χ3n) is 4.69. The molecule has 1 aromatic carbocycles. The van der Waals surface area contributed by atoms with Crippen molar-refractivity contribution in [3.63, 3.8) is 0 Å². The van der Waals surface area contributed by atoms with E-state index in [9.17, 15) is 13.6 Å². The molecule has 0 aliphatic heterocycles. The number of benzene rings is 1. The zero-order valence-corrected chi connectivity index (χ0v) is 12.8. The van der Waals surface area contributed by atoms with Gasteiger partial charge in [0.1, 0.15) is 17.3 Å². The molecule has 1 saturated carbocycles. The molecule has 118 valence electrons. The molecule has 0 bridgehead atoms. The summed E-state index contributed by atoms with van der Waals surface area (Å²) >= 11 is 0. The molecule has 1 aliphatic rings. The van der Waals surface area contributed by atoms with Gasteiger partial charge in [-0.05, 0) is 50.7 Å². The Morgan fingerprint density at radius 3 is 2.64 bits per heavy atom. The fourth-order valence-electron chi connectivity index (χ4n) is 3.15. The molecule has 1 heterocycles. The molecular weight excluding hydrogens is 286 g/mol. The van der Waals surface area contributed by atoms with Gasteiger partial charge in [-0.25, -0.2) is 8.78 Å². The summed E-state index contributed by atoms with van der Waals surface area (Å²) in [6, 6.07) is 3.45. The second-order valence-electron chi connectivity index (χ2n) is 6.73. The molecule has 0 saturated heterocycles. The van der Waals surface area contributed by atoms with Crippen molar-refractivity contribution in [1.82, 2.24) is 10.3 Å². The first-order valence-electron chi connectivity index (χ1n) is 7.67. The average molecular weight is 306 g/mol. The second kappa shape index (κ2) is 5.38. The van der Waals surface area contributed by atoms with Crippen LogP contribution in [0.5, 0.6) is 0 Å². The molecule has 2 aromatic rings. The number of hydrogen-bond acceptors (Lipinski definition) is 1. The quantitative estimate of drug-likeness (QED) is 0.860. The van der Waals surface area contributed by atoms with Gasteiger partial charge in [-0.1, -0.05) is 6.92 Å². The molecule has 3 rings (SSSR count). The van der Waals surface area contributed by atoms with Crippen molar-refractivity contribution in [2.45, 2.75) is 45.1 Å². The molecule has 5 heteroatoms. The highest BCUT2D eigenvalue weighted by Crippen LogP contribution is 2.31. The molecule has 0 atom stereocenters. The van der Waals surface area contributed by atoms with E-state index in [0.29, 0.717) is 11.4 Å². The Morgan fingerprint density at radius 2 is 1.95 bits per heavy atom. The minimum atomic E-state index is -0.664.